The molecule has 2 aromatic rings. The van der Waals surface area contributed by atoms with Gasteiger partial charge in [-0.25, -0.2) is 9.78 Å². The number of hydrogen-bond acceptors (Lipinski definition) is 6. The number of carboxylic acids is 1. The summed E-state index contributed by atoms with van der Waals surface area (Å²) >= 11 is 1.26. The van der Waals surface area contributed by atoms with Gasteiger partial charge in [-0.3, -0.25) is 10.1 Å². The van der Waals surface area contributed by atoms with Crippen molar-refractivity contribution in [1.29, 1.82) is 0 Å². The number of nitro benzene ring substituents is 1. The molecule has 0 aliphatic heterocycles. The molecule has 0 fully saturated rings. The molecule has 0 aliphatic carbocycles. The highest BCUT2D eigenvalue weighted by Gasteiger charge is 2.16. The minimum atomic E-state index is -1.06. The number of aromatic carboxylic acids is 1. The number of aryl methyl sites for hydroxylation is 1. The zero-order valence-electron chi connectivity index (χ0n) is 11.2. The molecule has 7 nitrogen and oxygen atoms in total. The van der Waals surface area contributed by atoms with Gasteiger partial charge in [-0.15, -0.1) is 11.3 Å². The number of carbonyl (C=O) groups is 1. The van der Waals surface area contributed by atoms with Gasteiger partial charge in [0.1, 0.15) is 5.69 Å². The van der Waals surface area contributed by atoms with Gasteiger partial charge in [0.05, 0.1) is 9.93 Å². The molecule has 0 atom stereocenters. The zero-order valence-corrected chi connectivity index (χ0v) is 12.0. The molecule has 1 aromatic heterocycles. The summed E-state index contributed by atoms with van der Waals surface area (Å²) in [6.07, 6.45) is 0.503. The fourth-order valence-electron chi connectivity index (χ4n) is 1.87. The third-order valence-corrected chi connectivity index (χ3v) is 3.75. The highest BCUT2D eigenvalue weighted by atomic mass is 32.1. The largest absolute Gasteiger partial charge is 0.476 e. The Hall–Kier alpha value is -2.48. The summed E-state index contributed by atoms with van der Waals surface area (Å²) in [7, 11) is 0. The lowest BCUT2D eigenvalue weighted by Gasteiger charge is -2.07. The van der Waals surface area contributed by atoms with Crippen LogP contribution in [0.2, 0.25) is 0 Å². The fraction of sp³-hybridized carbons (Fsp3) is 0.231. The minimum absolute atomic E-state index is 0.0246. The van der Waals surface area contributed by atoms with E-state index >= 15 is 0 Å². The highest BCUT2D eigenvalue weighted by molar-refractivity contribution is 7.09. The van der Waals surface area contributed by atoms with Crippen LogP contribution < -0.4 is 5.32 Å². The van der Waals surface area contributed by atoms with Gasteiger partial charge in [0.15, 0.2) is 5.69 Å². The van der Waals surface area contributed by atoms with Crippen molar-refractivity contribution in [2.75, 3.05) is 11.9 Å². The van der Waals surface area contributed by atoms with Crippen molar-refractivity contribution in [1.82, 2.24) is 4.98 Å². The molecule has 0 bridgehead atoms. The number of benzene rings is 1. The van der Waals surface area contributed by atoms with Crippen LogP contribution >= 0.6 is 11.3 Å². The van der Waals surface area contributed by atoms with Crippen molar-refractivity contribution >= 4 is 28.7 Å². The molecule has 0 saturated carbocycles. The lowest BCUT2D eigenvalue weighted by Crippen LogP contribution is -2.08. The lowest BCUT2D eigenvalue weighted by molar-refractivity contribution is -0.384. The zero-order chi connectivity index (χ0) is 15.4. The first kappa shape index (κ1) is 14.9. The summed E-state index contributed by atoms with van der Waals surface area (Å²) in [5.41, 5.74) is 1.13. The summed E-state index contributed by atoms with van der Waals surface area (Å²) in [4.78, 5) is 25.3. The highest BCUT2D eigenvalue weighted by Crippen LogP contribution is 2.27. The van der Waals surface area contributed by atoms with Crippen molar-refractivity contribution in [2.24, 2.45) is 0 Å². The van der Waals surface area contributed by atoms with Crippen LogP contribution in [0.4, 0.5) is 11.4 Å². The van der Waals surface area contributed by atoms with Crippen molar-refractivity contribution in [3.63, 3.8) is 0 Å². The fourth-order valence-corrected chi connectivity index (χ4v) is 2.64. The lowest BCUT2D eigenvalue weighted by atomic mass is 10.1. The Morgan fingerprint density at radius 1 is 1.52 bits per heavy atom. The number of nitrogens with one attached hydrogen (secondary N) is 1. The van der Waals surface area contributed by atoms with Crippen molar-refractivity contribution in [2.45, 2.75) is 13.3 Å². The topological polar surface area (TPSA) is 105 Å². The van der Waals surface area contributed by atoms with Gasteiger partial charge in [0.2, 0.25) is 0 Å². The number of para-hydroxylation sites is 1. The van der Waals surface area contributed by atoms with Gasteiger partial charge in [-0.2, -0.15) is 0 Å². The first-order chi connectivity index (χ1) is 9.99. The summed E-state index contributed by atoms with van der Waals surface area (Å²) < 4.78 is 0. The number of nitro groups is 1. The first-order valence-electron chi connectivity index (χ1n) is 6.14. The van der Waals surface area contributed by atoms with E-state index in [-0.39, 0.29) is 11.4 Å². The van der Waals surface area contributed by atoms with Gasteiger partial charge in [0.25, 0.3) is 5.69 Å². The van der Waals surface area contributed by atoms with Crippen LogP contribution in [-0.2, 0) is 6.42 Å². The van der Waals surface area contributed by atoms with Crippen LogP contribution in [0.3, 0.4) is 0 Å². The van der Waals surface area contributed by atoms with Crippen LogP contribution in [0, 0.1) is 17.0 Å². The molecule has 0 amide bonds. The number of anilines is 1. The molecular weight excluding hydrogens is 294 g/mol. The molecule has 0 aliphatic rings. The SMILES string of the molecule is Cc1cccc(NCCc2nc(C(=O)O)cs2)c1[N+](=O)[O-]. The summed E-state index contributed by atoms with van der Waals surface area (Å²) in [6, 6.07) is 5.08. The van der Waals surface area contributed by atoms with Crippen LogP contribution in [0.1, 0.15) is 21.1 Å². The van der Waals surface area contributed by atoms with Gasteiger partial charge in [0, 0.05) is 23.9 Å². The Kier molecular flexibility index (Phi) is 4.49. The maximum absolute atomic E-state index is 11.0. The van der Waals surface area contributed by atoms with E-state index in [1.165, 1.54) is 16.7 Å². The molecule has 0 unspecified atom stereocenters. The van der Waals surface area contributed by atoms with E-state index in [2.05, 4.69) is 10.3 Å². The molecule has 1 heterocycles. The van der Waals surface area contributed by atoms with E-state index in [0.29, 0.717) is 29.2 Å². The Bertz CT molecular complexity index is 684. The van der Waals surface area contributed by atoms with Gasteiger partial charge >= 0.3 is 5.97 Å². The standard InChI is InChI=1S/C13H13N3O4S/c1-8-3-2-4-9(12(8)16(19)20)14-6-5-11-15-10(7-21-11)13(17)18/h2-4,7,14H,5-6H2,1H3,(H,17,18). The molecule has 2 N–H and O–H groups in total. The molecule has 0 spiro atoms. The maximum Gasteiger partial charge on any atom is 0.355 e. The molecular formula is C13H13N3O4S. The quantitative estimate of drug-likeness (QED) is 0.628. The molecule has 0 radical (unpaired) electrons. The second kappa shape index (κ2) is 6.31. The molecule has 1 aromatic carbocycles. The van der Waals surface area contributed by atoms with Crippen LogP contribution in [-0.4, -0.2) is 27.5 Å². The Labute approximate surface area is 124 Å². The summed E-state index contributed by atoms with van der Waals surface area (Å²) in [5.74, 6) is -1.06. The third kappa shape index (κ3) is 3.54. The monoisotopic (exact) mass is 307 g/mol. The van der Waals surface area contributed by atoms with E-state index in [1.54, 1.807) is 25.1 Å². The molecule has 2 rings (SSSR count). The normalized spacial score (nSPS) is 10.3. The van der Waals surface area contributed by atoms with E-state index in [9.17, 15) is 14.9 Å². The van der Waals surface area contributed by atoms with Gasteiger partial charge < -0.3 is 10.4 Å². The van der Waals surface area contributed by atoms with Gasteiger partial charge in [-0.1, -0.05) is 12.1 Å². The van der Waals surface area contributed by atoms with Crippen LogP contribution in [0.15, 0.2) is 23.6 Å². The molecule has 8 heteroatoms. The average Bonchev–Trinajstić information content (AvgIpc) is 2.87. The first-order valence-corrected chi connectivity index (χ1v) is 7.02. The predicted octanol–water partition coefficient (Wildman–Crippen LogP) is 2.71. The van der Waals surface area contributed by atoms with Crippen molar-refractivity contribution in [3.8, 4) is 0 Å². The number of carboxylic acid groups (broad SMARTS) is 1. The van der Waals surface area contributed by atoms with Crippen molar-refractivity contribution in [3.05, 3.63) is 50.0 Å². The average molecular weight is 307 g/mol. The number of thiazole rings is 1. The minimum Gasteiger partial charge on any atom is -0.476 e. The van der Waals surface area contributed by atoms with E-state index in [1.807, 2.05) is 0 Å². The van der Waals surface area contributed by atoms with E-state index in [4.69, 9.17) is 5.11 Å². The van der Waals surface area contributed by atoms with E-state index in [0.717, 1.165) is 0 Å². The van der Waals surface area contributed by atoms with Crippen LogP contribution in [0.25, 0.3) is 0 Å². The van der Waals surface area contributed by atoms with E-state index < -0.39 is 10.9 Å². The number of rotatable bonds is 6. The molecule has 110 valence electrons. The second-order valence-corrected chi connectivity index (χ2v) is 5.28. The smallest absolute Gasteiger partial charge is 0.355 e. The van der Waals surface area contributed by atoms with Crippen molar-refractivity contribution < 1.29 is 14.8 Å². The number of nitrogens with zero attached hydrogens (tertiary/aromatic N) is 2. The number of aromatic nitrogens is 1. The van der Waals surface area contributed by atoms with Gasteiger partial charge in [-0.05, 0) is 13.0 Å². The van der Waals surface area contributed by atoms with Crippen LogP contribution in [0.5, 0.6) is 0 Å². The molecule has 21 heavy (non-hydrogen) atoms. The number of hydrogen-bond donors (Lipinski definition) is 2. The molecule has 0 saturated heterocycles. The predicted molar refractivity (Wildman–Crippen MR) is 79.1 cm³/mol. The second-order valence-electron chi connectivity index (χ2n) is 4.34. The summed E-state index contributed by atoms with van der Waals surface area (Å²) in [6.45, 7) is 2.13. The maximum atomic E-state index is 11.0. The summed E-state index contributed by atoms with van der Waals surface area (Å²) in [5, 5.41) is 25.0. The Balaban J connectivity index is 2.02. The Morgan fingerprint density at radius 3 is 2.90 bits per heavy atom. The third-order valence-electron chi connectivity index (χ3n) is 2.85. The Morgan fingerprint density at radius 2 is 2.29 bits per heavy atom.